The van der Waals surface area contributed by atoms with Crippen molar-refractivity contribution in [2.45, 2.75) is 13.5 Å². The maximum absolute atomic E-state index is 11.2. The molecular formula is C15H13BrO3. The Morgan fingerprint density at radius 1 is 1.26 bits per heavy atom. The van der Waals surface area contributed by atoms with Crippen LogP contribution in [-0.2, 0) is 6.61 Å². The van der Waals surface area contributed by atoms with Crippen molar-refractivity contribution < 1.29 is 14.6 Å². The number of ether oxygens (including phenoxy) is 1. The normalized spacial score (nSPS) is 10.2. The molecular weight excluding hydrogens is 308 g/mol. The highest BCUT2D eigenvalue weighted by molar-refractivity contribution is 9.10. The van der Waals surface area contributed by atoms with Gasteiger partial charge in [-0.3, -0.25) is 4.79 Å². The molecule has 1 N–H and O–H groups in total. The highest BCUT2D eigenvalue weighted by atomic mass is 79.9. The number of halogens is 1. The van der Waals surface area contributed by atoms with Crippen molar-refractivity contribution in [3.63, 3.8) is 0 Å². The van der Waals surface area contributed by atoms with Crippen molar-refractivity contribution in [1.29, 1.82) is 0 Å². The molecule has 0 heterocycles. The summed E-state index contributed by atoms with van der Waals surface area (Å²) < 4.78 is 6.56. The van der Waals surface area contributed by atoms with Gasteiger partial charge in [-0.15, -0.1) is 0 Å². The predicted octanol–water partition coefficient (Wildman–Crippen LogP) is 3.94. The van der Waals surface area contributed by atoms with Gasteiger partial charge in [0.25, 0.3) is 0 Å². The molecule has 2 aromatic rings. The summed E-state index contributed by atoms with van der Waals surface area (Å²) in [4.78, 5) is 11.2. The zero-order valence-electron chi connectivity index (χ0n) is 10.4. The smallest absolute Gasteiger partial charge is 0.163 e. The minimum atomic E-state index is -0.170. The Balaban J connectivity index is 2.08. The van der Waals surface area contributed by atoms with E-state index in [4.69, 9.17) is 4.74 Å². The number of hydrogen-bond acceptors (Lipinski definition) is 3. The molecule has 0 bridgehead atoms. The summed E-state index contributed by atoms with van der Waals surface area (Å²) in [6.07, 6.45) is 0. The second-order valence-corrected chi connectivity index (χ2v) is 5.07. The van der Waals surface area contributed by atoms with Crippen LogP contribution in [-0.4, -0.2) is 10.9 Å². The van der Waals surface area contributed by atoms with Gasteiger partial charge in [-0.2, -0.15) is 0 Å². The van der Waals surface area contributed by atoms with Crippen LogP contribution in [0.3, 0.4) is 0 Å². The quantitative estimate of drug-likeness (QED) is 0.868. The van der Waals surface area contributed by atoms with E-state index in [-0.39, 0.29) is 11.5 Å². The molecule has 0 aliphatic heterocycles. The molecule has 0 unspecified atom stereocenters. The number of benzene rings is 2. The van der Waals surface area contributed by atoms with Crippen molar-refractivity contribution in [2.24, 2.45) is 0 Å². The molecule has 2 rings (SSSR count). The van der Waals surface area contributed by atoms with E-state index in [1.807, 2.05) is 24.3 Å². The number of carbonyl (C=O) groups excluding carboxylic acids is 1. The second kappa shape index (κ2) is 5.89. The molecule has 2 aromatic carbocycles. The number of Topliss-reactive ketones (excluding diaryl/α,β-unsaturated/α-hetero) is 1. The summed E-state index contributed by atoms with van der Waals surface area (Å²) in [6.45, 7) is 1.81. The summed E-state index contributed by atoms with van der Waals surface area (Å²) in [6, 6.07) is 12.5. The Morgan fingerprint density at radius 2 is 2.05 bits per heavy atom. The number of ketones is 1. The van der Waals surface area contributed by atoms with Crippen molar-refractivity contribution in [3.8, 4) is 11.5 Å². The van der Waals surface area contributed by atoms with Crippen LogP contribution in [0.1, 0.15) is 22.8 Å². The second-order valence-electron chi connectivity index (χ2n) is 4.15. The molecule has 0 amide bonds. The fourth-order valence-electron chi connectivity index (χ4n) is 1.69. The maximum atomic E-state index is 11.2. The lowest BCUT2D eigenvalue weighted by Gasteiger charge is -2.08. The van der Waals surface area contributed by atoms with E-state index >= 15 is 0 Å². The number of hydrogen-bond donors (Lipinski definition) is 1. The van der Waals surface area contributed by atoms with Crippen molar-refractivity contribution >= 4 is 21.7 Å². The molecule has 98 valence electrons. The molecule has 0 aliphatic rings. The average molecular weight is 321 g/mol. The summed E-state index contributed by atoms with van der Waals surface area (Å²) in [5, 5.41) is 9.69. The first kappa shape index (κ1) is 13.6. The van der Waals surface area contributed by atoms with E-state index in [0.29, 0.717) is 17.9 Å². The molecule has 0 atom stereocenters. The zero-order valence-corrected chi connectivity index (χ0v) is 12.0. The van der Waals surface area contributed by atoms with Gasteiger partial charge in [0.05, 0.1) is 5.56 Å². The first-order chi connectivity index (χ1) is 9.06. The number of carbonyl (C=O) groups is 1. The number of phenols is 1. The molecule has 19 heavy (non-hydrogen) atoms. The molecule has 0 aliphatic carbocycles. The molecule has 0 radical (unpaired) electrons. The fourth-order valence-corrected chi connectivity index (χ4v) is 2.14. The molecule has 0 fully saturated rings. The summed E-state index contributed by atoms with van der Waals surface area (Å²) in [5.74, 6) is 0.303. The van der Waals surface area contributed by atoms with Crippen LogP contribution in [0, 0.1) is 0 Å². The first-order valence-electron chi connectivity index (χ1n) is 5.77. The Kier molecular flexibility index (Phi) is 4.22. The minimum absolute atomic E-state index is 0.0563. The Morgan fingerprint density at radius 3 is 2.68 bits per heavy atom. The monoisotopic (exact) mass is 320 g/mol. The van der Waals surface area contributed by atoms with Crippen LogP contribution in [0.25, 0.3) is 0 Å². The van der Waals surface area contributed by atoms with Gasteiger partial charge in [-0.25, -0.2) is 0 Å². The first-order valence-corrected chi connectivity index (χ1v) is 6.57. The van der Waals surface area contributed by atoms with Gasteiger partial charge in [0.2, 0.25) is 0 Å². The standard InChI is InChI=1S/C15H13BrO3/c1-10(17)14-6-5-13(8-15(14)18)19-9-11-3-2-4-12(16)7-11/h2-8,18H,9H2,1H3. The van der Waals surface area contributed by atoms with E-state index in [9.17, 15) is 9.90 Å². The number of phenolic OH excluding ortho intramolecular Hbond substituents is 1. The van der Waals surface area contributed by atoms with E-state index in [0.717, 1.165) is 10.0 Å². The van der Waals surface area contributed by atoms with Crippen LogP contribution < -0.4 is 4.74 Å². The van der Waals surface area contributed by atoms with Crippen LogP contribution >= 0.6 is 15.9 Å². The largest absolute Gasteiger partial charge is 0.507 e. The summed E-state index contributed by atoms with van der Waals surface area (Å²) in [5.41, 5.74) is 1.32. The zero-order chi connectivity index (χ0) is 13.8. The average Bonchev–Trinajstić information content (AvgIpc) is 2.36. The van der Waals surface area contributed by atoms with Gasteiger partial charge >= 0.3 is 0 Å². The lowest BCUT2D eigenvalue weighted by Crippen LogP contribution is -1.97. The van der Waals surface area contributed by atoms with Crippen LogP contribution in [0.15, 0.2) is 46.9 Å². The Labute approximate surface area is 120 Å². The maximum Gasteiger partial charge on any atom is 0.163 e. The van der Waals surface area contributed by atoms with Gasteiger partial charge in [0.1, 0.15) is 18.1 Å². The summed E-state index contributed by atoms with van der Waals surface area (Å²) >= 11 is 3.39. The molecule has 0 saturated heterocycles. The number of rotatable bonds is 4. The highest BCUT2D eigenvalue weighted by Gasteiger charge is 2.07. The molecule has 0 aromatic heterocycles. The fraction of sp³-hybridized carbons (Fsp3) is 0.133. The molecule has 0 spiro atoms. The van der Waals surface area contributed by atoms with Crippen molar-refractivity contribution in [2.75, 3.05) is 0 Å². The Bertz CT molecular complexity index is 608. The molecule has 3 nitrogen and oxygen atoms in total. The third kappa shape index (κ3) is 3.58. The third-order valence-corrected chi connectivity index (χ3v) is 3.14. The van der Waals surface area contributed by atoms with E-state index in [2.05, 4.69) is 15.9 Å². The summed E-state index contributed by atoms with van der Waals surface area (Å²) in [7, 11) is 0. The molecule has 0 saturated carbocycles. The van der Waals surface area contributed by atoms with E-state index in [1.165, 1.54) is 13.0 Å². The van der Waals surface area contributed by atoms with Crippen molar-refractivity contribution in [1.82, 2.24) is 0 Å². The molecule has 4 heteroatoms. The predicted molar refractivity (Wildman–Crippen MR) is 76.6 cm³/mol. The van der Waals surface area contributed by atoms with Crippen LogP contribution in [0.4, 0.5) is 0 Å². The lowest BCUT2D eigenvalue weighted by atomic mass is 10.1. The minimum Gasteiger partial charge on any atom is -0.507 e. The Hall–Kier alpha value is -1.81. The topological polar surface area (TPSA) is 46.5 Å². The van der Waals surface area contributed by atoms with E-state index in [1.54, 1.807) is 12.1 Å². The van der Waals surface area contributed by atoms with Crippen molar-refractivity contribution in [3.05, 3.63) is 58.1 Å². The van der Waals surface area contributed by atoms with Gasteiger partial charge in [0, 0.05) is 10.5 Å². The number of aromatic hydroxyl groups is 1. The van der Waals surface area contributed by atoms with E-state index < -0.39 is 0 Å². The van der Waals surface area contributed by atoms with Gasteiger partial charge in [-0.1, -0.05) is 28.1 Å². The van der Waals surface area contributed by atoms with Crippen LogP contribution in [0.2, 0.25) is 0 Å². The van der Waals surface area contributed by atoms with Gasteiger partial charge in [-0.05, 0) is 36.8 Å². The van der Waals surface area contributed by atoms with Crippen LogP contribution in [0.5, 0.6) is 11.5 Å². The van der Waals surface area contributed by atoms with Gasteiger partial charge < -0.3 is 9.84 Å². The highest BCUT2D eigenvalue weighted by Crippen LogP contribution is 2.24. The SMILES string of the molecule is CC(=O)c1ccc(OCc2cccc(Br)c2)cc1O. The third-order valence-electron chi connectivity index (χ3n) is 2.64. The lowest BCUT2D eigenvalue weighted by molar-refractivity contribution is 0.101. The van der Waals surface area contributed by atoms with Gasteiger partial charge in [0.15, 0.2) is 5.78 Å².